The van der Waals surface area contributed by atoms with Crippen molar-refractivity contribution in [3.63, 3.8) is 0 Å². The molecular formula is C14H13N3O2. The van der Waals surface area contributed by atoms with Gasteiger partial charge in [-0.3, -0.25) is 13.9 Å². The monoisotopic (exact) mass is 255 g/mol. The van der Waals surface area contributed by atoms with Crippen molar-refractivity contribution < 1.29 is 0 Å². The largest absolute Gasteiger partial charge is 0.332 e. The quantitative estimate of drug-likeness (QED) is 0.818. The van der Waals surface area contributed by atoms with Crippen LogP contribution in [0.5, 0.6) is 0 Å². The van der Waals surface area contributed by atoms with Gasteiger partial charge in [-0.2, -0.15) is 5.26 Å². The minimum atomic E-state index is -0.462. The van der Waals surface area contributed by atoms with Gasteiger partial charge in [0.15, 0.2) is 0 Å². The molecule has 0 fully saturated rings. The summed E-state index contributed by atoms with van der Waals surface area (Å²) < 4.78 is 2.35. The molecule has 2 aromatic rings. The van der Waals surface area contributed by atoms with Gasteiger partial charge in [0.1, 0.15) is 6.54 Å². The molecule has 96 valence electrons. The fourth-order valence-corrected chi connectivity index (χ4v) is 1.89. The van der Waals surface area contributed by atoms with Gasteiger partial charge in [-0.1, -0.05) is 29.8 Å². The minimum Gasteiger partial charge on any atom is -0.287 e. The molecule has 0 aliphatic carbocycles. The maximum Gasteiger partial charge on any atom is 0.332 e. The average Bonchev–Trinajstić information content (AvgIpc) is 2.38. The highest BCUT2D eigenvalue weighted by Crippen LogP contribution is 2.04. The van der Waals surface area contributed by atoms with Crippen LogP contribution in [0.1, 0.15) is 11.1 Å². The Hall–Kier alpha value is -2.61. The van der Waals surface area contributed by atoms with Crippen molar-refractivity contribution in [1.82, 2.24) is 9.13 Å². The molecule has 0 atom stereocenters. The highest BCUT2D eigenvalue weighted by molar-refractivity contribution is 5.22. The summed E-state index contributed by atoms with van der Waals surface area (Å²) in [6, 6.07) is 10.8. The second-order valence-electron chi connectivity index (χ2n) is 4.30. The Morgan fingerprint density at radius 2 is 2.05 bits per heavy atom. The topological polar surface area (TPSA) is 67.8 Å². The lowest BCUT2D eigenvalue weighted by atomic mass is 10.1. The number of aryl methyl sites for hydroxylation is 1. The van der Waals surface area contributed by atoms with E-state index in [1.807, 2.05) is 37.3 Å². The van der Waals surface area contributed by atoms with E-state index in [1.54, 1.807) is 0 Å². The van der Waals surface area contributed by atoms with E-state index >= 15 is 0 Å². The maximum absolute atomic E-state index is 12.0. The lowest BCUT2D eigenvalue weighted by Crippen LogP contribution is -2.39. The second-order valence-corrected chi connectivity index (χ2v) is 4.30. The van der Waals surface area contributed by atoms with Crippen molar-refractivity contribution in [2.24, 2.45) is 0 Å². The van der Waals surface area contributed by atoms with Gasteiger partial charge in [-0.05, 0) is 12.5 Å². The van der Waals surface area contributed by atoms with Crippen LogP contribution in [-0.4, -0.2) is 9.13 Å². The zero-order valence-corrected chi connectivity index (χ0v) is 10.5. The molecule has 2 rings (SSSR count). The van der Waals surface area contributed by atoms with E-state index in [4.69, 9.17) is 5.26 Å². The molecule has 0 N–H and O–H groups in total. The Balaban J connectivity index is 2.46. The van der Waals surface area contributed by atoms with Crippen molar-refractivity contribution in [3.05, 3.63) is 68.5 Å². The number of nitriles is 1. The SMILES string of the molecule is Cc1cccc(Cn2c(=O)ccn(CC#N)c2=O)c1. The smallest absolute Gasteiger partial charge is 0.287 e. The number of rotatable bonds is 3. The number of nitrogens with zero attached hydrogens (tertiary/aromatic N) is 3. The summed E-state index contributed by atoms with van der Waals surface area (Å²) in [5.74, 6) is 0. The van der Waals surface area contributed by atoms with E-state index in [0.717, 1.165) is 15.7 Å². The molecule has 0 radical (unpaired) electrons. The molecule has 1 aromatic heterocycles. The Kier molecular flexibility index (Phi) is 3.62. The summed E-state index contributed by atoms with van der Waals surface area (Å²) >= 11 is 0. The van der Waals surface area contributed by atoms with Gasteiger partial charge in [0.05, 0.1) is 12.6 Å². The second kappa shape index (κ2) is 5.36. The fraction of sp³-hybridized carbons (Fsp3) is 0.214. The van der Waals surface area contributed by atoms with Crippen molar-refractivity contribution in [2.75, 3.05) is 0 Å². The van der Waals surface area contributed by atoms with Gasteiger partial charge in [-0.25, -0.2) is 4.79 Å². The third kappa shape index (κ3) is 2.80. The van der Waals surface area contributed by atoms with Crippen LogP contribution < -0.4 is 11.2 Å². The zero-order chi connectivity index (χ0) is 13.8. The van der Waals surface area contributed by atoms with Gasteiger partial charge < -0.3 is 0 Å². The molecule has 0 saturated carbocycles. The molecule has 1 heterocycles. The van der Waals surface area contributed by atoms with Crippen molar-refractivity contribution in [1.29, 1.82) is 5.26 Å². The van der Waals surface area contributed by atoms with Gasteiger partial charge in [0.25, 0.3) is 5.56 Å². The summed E-state index contributed by atoms with van der Waals surface area (Å²) in [4.78, 5) is 23.8. The normalized spacial score (nSPS) is 10.1. The van der Waals surface area contributed by atoms with Crippen LogP contribution in [0, 0.1) is 18.3 Å². The van der Waals surface area contributed by atoms with Crippen molar-refractivity contribution in [2.45, 2.75) is 20.0 Å². The molecule has 0 unspecified atom stereocenters. The number of hydrogen-bond donors (Lipinski definition) is 0. The Labute approximate surface area is 110 Å². The highest BCUT2D eigenvalue weighted by atomic mass is 16.2. The Morgan fingerprint density at radius 3 is 2.74 bits per heavy atom. The first-order valence-electron chi connectivity index (χ1n) is 5.84. The number of aromatic nitrogens is 2. The van der Waals surface area contributed by atoms with Gasteiger partial charge in [-0.15, -0.1) is 0 Å². The minimum absolute atomic E-state index is 0.0626. The van der Waals surface area contributed by atoms with Crippen LogP contribution in [0.3, 0.4) is 0 Å². The van der Waals surface area contributed by atoms with Crippen LogP contribution in [0.2, 0.25) is 0 Å². The van der Waals surface area contributed by atoms with Crippen LogP contribution in [0.25, 0.3) is 0 Å². The van der Waals surface area contributed by atoms with Gasteiger partial charge in [0.2, 0.25) is 0 Å². The average molecular weight is 255 g/mol. The molecule has 5 heteroatoms. The third-order valence-corrected chi connectivity index (χ3v) is 2.80. The molecule has 0 spiro atoms. The first-order chi connectivity index (χ1) is 9.11. The third-order valence-electron chi connectivity index (χ3n) is 2.80. The molecular weight excluding hydrogens is 242 g/mol. The van der Waals surface area contributed by atoms with Crippen molar-refractivity contribution in [3.8, 4) is 6.07 Å². The van der Waals surface area contributed by atoms with Crippen LogP contribution in [0.15, 0.2) is 46.1 Å². The lowest BCUT2D eigenvalue weighted by molar-refractivity contribution is 0.620. The Morgan fingerprint density at radius 1 is 1.26 bits per heavy atom. The summed E-state index contributed by atoms with van der Waals surface area (Å²) in [6.07, 6.45) is 1.35. The molecule has 0 amide bonds. The molecule has 0 aliphatic heterocycles. The van der Waals surface area contributed by atoms with Crippen LogP contribution in [0.4, 0.5) is 0 Å². The van der Waals surface area contributed by atoms with E-state index in [9.17, 15) is 9.59 Å². The van der Waals surface area contributed by atoms with Crippen LogP contribution in [-0.2, 0) is 13.1 Å². The number of hydrogen-bond acceptors (Lipinski definition) is 3. The summed E-state index contributed by atoms with van der Waals surface area (Å²) in [7, 11) is 0. The molecule has 0 aliphatic rings. The van der Waals surface area contributed by atoms with E-state index in [2.05, 4.69) is 0 Å². The summed E-state index contributed by atoms with van der Waals surface area (Å²) in [5, 5.41) is 8.63. The van der Waals surface area contributed by atoms with Crippen molar-refractivity contribution >= 4 is 0 Å². The molecule has 19 heavy (non-hydrogen) atoms. The molecule has 0 bridgehead atoms. The summed E-state index contributed by atoms with van der Waals surface area (Å²) in [6.45, 7) is 2.10. The predicted octanol–water partition coefficient (Wildman–Crippen LogP) is 0.890. The molecule has 0 saturated heterocycles. The van der Waals surface area contributed by atoms with E-state index in [-0.39, 0.29) is 18.6 Å². The van der Waals surface area contributed by atoms with E-state index in [1.165, 1.54) is 16.8 Å². The zero-order valence-electron chi connectivity index (χ0n) is 10.5. The maximum atomic E-state index is 12.0. The standard InChI is InChI=1S/C14H13N3O2/c1-11-3-2-4-12(9-11)10-17-13(18)5-7-16(8-6-15)14(17)19/h2-5,7,9H,8,10H2,1H3. The fourth-order valence-electron chi connectivity index (χ4n) is 1.89. The lowest BCUT2D eigenvalue weighted by Gasteiger charge is -2.08. The predicted molar refractivity (Wildman–Crippen MR) is 70.9 cm³/mol. The van der Waals surface area contributed by atoms with Gasteiger partial charge in [0, 0.05) is 12.3 Å². The van der Waals surface area contributed by atoms with Gasteiger partial charge >= 0.3 is 5.69 Å². The highest BCUT2D eigenvalue weighted by Gasteiger charge is 2.05. The summed E-state index contributed by atoms with van der Waals surface area (Å²) in [5.41, 5.74) is 1.13. The molecule has 5 nitrogen and oxygen atoms in total. The van der Waals surface area contributed by atoms with Crippen LogP contribution >= 0.6 is 0 Å². The molecule has 1 aromatic carbocycles. The number of benzene rings is 1. The Bertz CT molecular complexity index is 750. The first kappa shape index (κ1) is 12.8. The van der Waals surface area contributed by atoms with E-state index < -0.39 is 5.69 Å². The van der Waals surface area contributed by atoms with E-state index in [0.29, 0.717) is 0 Å². The first-order valence-corrected chi connectivity index (χ1v) is 5.84.